The zero-order valence-corrected chi connectivity index (χ0v) is 13.6. The van der Waals surface area contributed by atoms with E-state index in [1.165, 1.54) is 5.56 Å². The largest absolute Gasteiger partial charge is 0.456 e. The Kier molecular flexibility index (Phi) is 4.59. The standard InChI is InChI=1S/C18H19NOS/c1-18(2,3)13-8-10-14(11-9-13)20-16-6-5-7-17(21-4)15(16)12-19/h5-11H,1-4H3. The summed E-state index contributed by atoms with van der Waals surface area (Å²) in [5.41, 5.74) is 1.97. The van der Waals surface area contributed by atoms with E-state index in [9.17, 15) is 5.26 Å². The molecule has 21 heavy (non-hydrogen) atoms. The molecule has 0 N–H and O–H groups in total. The third-order valence-electron chi connectivity index (χ3n) is 3.27. The molecular weight excluding hydrogens is 278 g/mol. The van der Waals surface area contributed by atoms with Gasteiger partial charge >= 0.3 is 0 Å². The van der Waals surface area contributed by atoms with Crippen molar-refractivity contribution in [3.05, 3.63) is 53.6 Å². The molecular formula is C18H19NOS. The number of benzene rings is 2. The van der Waals surface area contributed by atoms with E-state index in [1.54, 1.807) is 11.8 Å². The maximum atomic E-state index is 9.32. The maximum Gasteiger partial charge on any atom is 0.146 e. The van der Waals surface area contributed by atoms with E-state index >= 15 is 0 Å². The Morgan fingerprint density at radius 2 is 1.71 bits per heavy atom. The van der Waals surface area contributed by atoms with Gasteiger partial charge in [-0.15, -0.1) is 11.8 Å². The highest BCUT2D eigenvalue weighted by atomic mass is 32.2. The molecule has 0 atom stereocenters. The van der Waals surface area contributed by atoms with Crippen LogP contribution in [0.4, 0.5) is 0 Å². The molecule has 0 spiro atoms. The third kappa shape index (κ3) is 3.59. The van der Waals surface area contributed by atoms with Gasteiger partial charge in [-0.1, -0.05) is 39.0 Å². The summed E-state index contributed by atoms with van der Waals surface area (Å²) in [6, 6.07) is 15.9. The Labute approximate surface area is 130 Å². The van der Waals surface area contributed by atoms with Gasteiger partial charge in [0.15, 0.2) is 0 Å². The number of nitriles is 1. The highest BCUT2D eigenvalue weighted by Crippen LogP contribution is 2.32. The summed E-state index contributed by atoms with van der Waals surface area (Å²) in [6.07, 6.45) is 1.96. The van der Waals surface area contributed by atoms with Crippen molar-refractivity contribution >= 4 is 11.8 Å². The van der Waals surface area contributed by atoms with E-state index in [4.69, 9.17) is 4.74 Å². The molecule has 108 valence electrons. The molecule has 0 fully saturated rings. The Bertz CT molecular complexity index is 663. The van der Waals surface area contributed by atoms with Crippen LogP contribution in [0.5, 0.6) is 11.5 Å². The number of hydrogen-bond acceptors (Lipinski definition) is 3. The first-order chi connectivity index (χ1) is 9.95. The molecule has 3 heteroatoms. The molecule has 0 aromatic heterocycles. The molecule has 0 radical (unpaired) electrons. The number of rotatable bonds is 3. The molecule has 0 heterocycles. The molecule has 0 saturated carbocycles. The molecule has 0 amide bonds. The van der Waals surface area contributed by atoms with Crippen molar-refractivity contribution < 1.29 is 4.74 Å². The van der Waals surface area contributed by atoms with Crippen molar-refractivity contribution in [1.29, 1.82) is 5.26 Å². The lowest BCUT2D eigenvalue weighted by Gasteiger charge is -2.19. The normalized spacial score (nSPS) is 11.0. The molecule has 0 aliphatic heterocycles. The fourth-order valence-electron chi connectivity index (χ4n) is 2.03. The molecule has 0 aliphatic carbocycles. The van der Waals surface area contributed by atoms with Crippen LogP contribution in [0.1, 0.15) is 31.9 Å². The summed E-state index contributed by atoms with van der Waals surface area (Å²) < 4.78 is 5.87. The van der Waals surface area contributed by atoms with Gasteiger partial charge in [-0.2, -0.15) is 5.26 Å². The second-order valence-electron chi connectivity index (χ2n) is 5.82. The van der Waals surface area contributed by atoms with E-state index in [0.717, 1.165) is 10.6 Å². The lowest BCUT2D eigenvalue weighted by atomic mass is 9.87. The van der Waals surface area contributed by atoms with Crippen molar-refractivity contribution in [1.82, 2.24) is 0 Å². The fourth-order valence-corrected chi connectivity index (χ4v) is 2.59. The highest BCUT2D eigenvalue weighted by Gasteiger charge is 2.14. The topological polar surface area (TPSA) is 33.0 Å². The van der Waals surface area contributed by atoms with Crippen LogP contribution in [0.2, 0.25) is 0 Å². The molecule has 0 unspecified atom stereocenters. The molecule has 0 bridgehead atoms. The van der Waals surface area contributed by atoms with Crippen molar-refractivity contribution in [3.63, 3.8) is 0 Å². The molecule has 2 rings (SSSR count). The minimum absolute atomic E-state index is 0.120. The molecule has 2 aromatic rings. The predicted octanol–water partition coefficient (Wildman–Crippen LogP) is 5.37. The minimum atomic E-state index is 0.120. The number of nitrogens with zero attached hydrogens (tertiary/aromatic N) is 1. The molecule has 0 saturated heterocycles. The number of hydrogen-bond donors (Lipinski definition) is 0. The van der Waals surface area contributed by atoms with Crippen LogP contribution < -0.4 is 4.74 Å². The monoisotopic (exact) mass is 297 g/mol. The van der Waals surface area contributed by atoms with Crippen LogP contribution in [0, 0.1) is 11.3 Å². The second-order valence-corrected chi connectivity index (χ2v) is 6.67. The van der Waals surface area contributed by atoms with Crippen LogP contribution in [0.25, 0.3) is 0 Å². The van der Waals surface area contributed by atoms with Crippen LogP contribution in [0.15, 0.2) is 47.4 Å². The van der Waals surface area contributed by atoms with Gasteiger partial charge in [0.2, 0.25) is 0 Å². The lowest BCUT2D eigenvalue weighted by Crippen LogP contribution is -2.10. The van der Waals surface area contributed by atoms with Gasteiger partial charge in [-0.25, -0.2) is 0 Å². The summed E-state index contributed by atoms with van der Waals surface area (Å²) in [4.78, 5) is 0.932. The van der Waals surface area contributed by atoms with Crippen molar-refractivity contribution in [2.45, 2.75) is 31.1 Å². The summed E-state index contributed by atoms with van der Waals surface area (Å²) >= 11 is 1.55. The fraction of sp³-hybridized carbons (Fsp3) is 0.278. The summed E-state index contributed by atoms with van der Waals surface area (Å²) in [7, 11) is 0. The molecule has 2 nitrogen and oxygen atoms in total. The number of thioether (sulfide) groups is 1. The first-order valence-corrected chi connectivity index (χ1v) is 8.03. The van der Waals surface area contributed by atoms with Gasteiger partial charge in [0.05, 0.1) is 0 Å². The maximum absolute atomic E-state index is 9.32. The van der Waals surface area contributed by atoms with Crippen LogP contribution in [0.3, 0.4) is 0 Å². The third-order valence-corrected chi connectivity index (χ3v) is 4.05. The Morgan fingerprint density at radius 3 is 2.24 bits per heavy atom. The van der Waals surface area contributed by atoms with Gasteiger partial charge in [0, 0.05) is 4.90 Å². The van der Waals surface area contributed by atoms with E-state index in [2.05, 4.69) is 39.0 Å². The molecule has 0 aliphatic rings. The first kappa shape index (κ1) is 15.5. The van der Waals surface area contributed by atoms with E-state index < -0.39 is 0 Å². The zero-order chi connectivity index (χ0) is 15.5. The summed E-state index contributed by atoms with van der Waals surface area (Å²) in [5, 5.41) is 9.32. The van der Waals surface area contributed by atoms with Crippen molar-refractivity contribution in [2.75, 3.05) is 6.26 Å². The van der Waals surface area contributed by atoms with Crippen LogP contribution in [-0.4, -0.2) is 6.26 Å². The van der Waals surface area contributed by atoms with E-state index in [-0.39, 0.29) is 5.41 Å². The molecule has 2 aromatic carbocycles. The lowest BCUT2D eigenvalue weighted by molar-refractivity contribution is 0.478. The summed E-state index contributed by atoms with van der Waals surface area (Å²) in [6.45, 7) is 6.54. The van der Waals surface area contributed by atoms with Crippen LogP contribution in [-0.2, 0) is 5.41 Å². The van der Waals surface area contributed by atoms with Gasteiger partial charge in [-0.3, -0.25) is 0 Å². The van der Waals surface area contributed by atoms with Gasteiger partial charge in [0.1, 0.15) is 23.1 Å². The van der Waals surface area contributed by atoms with Crippen molar-refractivity contribution in [3.8, 4) is 17.6 Å². The quantitative estimate of drug-likeness (QED) is 0.714. The summed E-state index contributed by atoms with van der Waals surface area (Å²) in [5.74, 6) is 1.35. The number of ether oxygens (including phenoxy) is 1. The first-order valence-electron chi connectivity index (χ1n) is 6.81. The van der Waals surface area contributed by atoms with E-state index in [1.807, 2.05) is 36.6 Å². The van der Waals surface area contributed by atoms with E-state index in [0.29, 0.717) is 11.3 Å². The predicted molar refractivity (Wildman–Crippen MR) is 88.2 cm³/mol. The Hall–Kier alpha value is -1.92. The minimum Gasteiger partial charge on any atom is -0.456 e. The SMILES string of the molecule is CSc1cccc(Oc2ccc(C(C)(C)C)cc2)c1C#N. The Morgan fingerprint density at radius 1 is 1.05 bits per heavy atom. The van der Waals surface area contributed by atoms with Crippen molar-refractivity contribution in [2.24, 2.45) is 0 Å². The smallest absolute Gasteiger partial charge is 0.146 e. The van der Waals surface area contributed by atoms with Gasteiger partial charge in [-0.05, 0) is 41.5 Å². The zero-order valence-electron chi connectivity index (χ0n) is 12.8. The Balaban J connectivity index is 2.29. The average Bonchev–Trinajstić information content (AvgIpc) is 2.46. The highest BCUT2D eigenvalue weighted by molar-refractivity contribution is 7.98. The van der Waals surface area contributed by atoms with Gasteiger partial charge in [0.25, 0.3) is 0 Å². The van der Waals surface area contributed by atoms with Gasteiger partial charge < -0.3 is 4.74 Å². The average molecular weight is 297 g/mol. The second kappa shape index (κ2) is 6.24. The van der Waals surface area contributed by atoms with Crippen LogP contribution >= 0.6 is 11.8 Å².